The van der Waals surface area contributed by atoms with E-state index in [1.807, 2.05) is 41.5 Å². The third-order valence-corrected chi connectivity index (χ3v) is 7.72. The second-order valence-corrected chi connectivity index (χ2v) is 11.6. The summed E-state index contributed by atoms with van der Waals surface area (Å²) < 4.78 is 12.0. The van der Waals surface area contributed by atoms with Crippen molar-refractivity contribution in [2.75, 3.05) is 19.8 Å². The number of likely N-dealkylation sites (tertiary alicyclic amines) is 1. The van der Waals surface area contributed by atoms with Crippen LogP contribution >= 0.6 is 0 Å². The lowest BCUT2D eigenvalue weighted by Gasteiger charge is -2.43. The lowest BCUT2D eigenvalue weighted by atomic mass is 9.66. The second kappa shape index (κ2) is 9.26. The number of esters is 1. The Kier molecular flexibility index (Phi) is 7.27. The average molecular weight is 479 g/mol. The summed E-state index contributed by atoms with van der Waals surface area (Å²) in [5.41, 5.74) is -2.52. The summed E-state index contributed by atoms with van der Waals surface area (Å²) in [7, 11) is 0. The van der Waals surface area contributed by atoms with Gasteiger partial charge in [0.05, 0.1) is 30.8 Å². The standard InChI is InChI=1S/C26H42N2O6/c1-9-13-27(24(5,6)7)22(31)20-26-12-11-25(8,34-26)19(23(32)33-10-2)18(26)21(30)28(20)17(15-29)14-16(3)4/h9,16-20,29H,1,10-15H2,2-8H3/t17-,18+,19-,20?,25+,26?/m1/s1. The zero-order valence-corrected chi connectivity index (χ0v) is 21.8. The maximum Gasteiger partial charge on any atom is 0.312 e. The summed E-state index contributed by atoms with van der Waals surface area (Å²) in [6.07, 6.45) is 3.26. The number of ether oxygens (including phenoxy) is 2. The van der Waals surface area contributed by atoms with Crippen LogP contribution < -0.4 is 0 Å². The number of nitrogens with zero attached hydrogens (tertiary/aromatic N) is 2. The minimum absolute atomic E-state index is 0.196. The molecule has 2 amide bonds. The molecule has 3 rings (SSSR count). The van der Waals surface area contributed by atoms with Crippen molar-refractivity contribution in [1.82, 2.24) is 9.80 Å². The van der Waals surface area contributed by atoms with Gasteiger partial charge in [0, 0.05) is 12.1 Å². The van der Waals surface area contributed by atoms with E-state index in [0.717, 1.165) is 0 Å². The monoisotopic (exact) mass is 478 g/mol. The normalized spacial score (nSPS) is 33.3. The van der Waals surface area contributed by atoms with E-state index >= 15 is 0 Å². The molecular formula is C26H42N2O6. The predicted octanol–water partition coefficient (Wildman–Crippen LogP) is 2.53. The first-order chi connectivity index (χ1) is 15.8. The van der Waals surface area contributed by atoms with Gasteiger partial charge in [-0.25, -0.2) is 0 Å². The van der Waals surface area contributed by atoms with Crippen molar-refractivity contribution in [3.05, 3.63) is 12.7 Å². The van der Waals surface area contributed by atoms with Crippen LogP contribution in [0, 0.1) is 17.8 Å². The van der Waals surface area contributed by atoms with Crippen LogP contribution in [0.4, 0.5) is 0 Å². The van der Waals surface area contributed by atoms with E-state index in [2.05, 4.69) is 6.58 Å². The van der Waals surface area contributed by atoms with E-state index < -0.39 is 46.6 Å². The maximum absolute atomic E-state index is 14.3. The molecular weight excluding hydrogens is 436 g/mol. The molecule has 0 aromatic carbocycles. The first-order valence-corrected chi connectivity index (χ1v) is 12.5. The summed E-state index contributed by atoms with van der Waals surface area (Å²) in [4.78, 5) is 44.7. The van der Waals surface area contributed by atoms with Gasteiger partial charge < -0.3 is 24.4 Å². The highest BCUT2D eigenvalue weighted by Crippen LogP contribution is 2.64. The first-order valence-electron chi connectivity index (χ1n) is 12.5. The third kappa shape index (κ3) is 4.06. The molecule has 2 bridgehead atoms. The highest BCUT2D eigenvalue weighted by atomic mass is 16.6. The highest BCUT2D eigenvalue weighted by Gasteiger charge is 2.79. The fourth-order valence-electron chi connectivity index (χ4n) is 6.42. The number of aliphatic hydroxyl groups excluding tert-OH is 1. The molecule has 0 radical (unpaired) electrons. The van der Waals surface area contributed by atoms with Gasteiger partial charge in [0.2, 0.25) is 11.8 Å². The van der Waals surface area contributed by atoms with Gasteiger partial charge in [0.15, 0.2) is 0 Å². The SMILES string of the molecule is C=CCN(C(=O)C1N([C@@H](CO)CC(C)C)C(=O)[C@@H]2[C@H](C(=O)OCC)[C@]3(C)CCC12O3)C(C)(C)C. The van der Waals surface area contributed by atoms with Crippen molar-refractivity contribution in [1.29, 1.82) is 0 Å². The van der Waals surface area contributed by atoms with E-state index in [-0.39, 0.29) is 30.9 Å². The van der Waals surface area contributed by atoms with Crippen LogP contribution in [0.25, 0.3) is 0 Å². The molecule has 3 aliphatic heterocycles. The Morgan fingerprint density at radius 1 is 1.35 bits per heavy atom. The molecule has 3 heterocycles. The number of amides is 2. The topological polar surface area (TPSA) is 96.4 Å². The van der Waals surface area contributed by atoms with Gasteiger partial charge in [-0.15, -0.1) is 6.58 Å². The number of carbonyl (C=O) groups excluding carboxylic acids is 3. The number of fused-ring (bicyclic) bond motifs is 1. The van der Waals surface area contributed by atoms with Crippen molar-refractivity contribution < 1.29 is 29.0 Å². The number of carbonyl (C=O) groups is 3. The maximum atomic E-state index is 14.3. The van der Waals surface area contributed by atoms with Crippen molar-refractivity contribution in [3.8, 4) is 0 Å². The van der Waals surface area contributed by atoms with E-state index in [4.69, 9.17) is 9.47 Å². The Hall–Kier alpha value is -1.93. The van der Waals surface area contributed by atoms with Crippen molar-refractivity contribution >= 4 is 17.8 Å². The summed E-state index contributed by atoms with van der Waals surface area (Å²) in [5, 5.41) is 10.3. The zero-order valence-electron chi connectivity index (χ0n) is 21.8. The Bertz CT molecular complexity index is 836. The Morgan fingerprint density at radius 2 is 2.00 bits per heavy atom. The third-order valence-electron chi connectivity index (χ3n) is 7.72. The minimum Gasteiger partial charge on any atom is -0.466 e. The number of rotatable bonds is 9. The van der Waals surface area contributed by atoms with Crippen LogP contribution in [0.5, 0.6) is 0 Å². The zero-order chi connectivity index (χ0) is 25.6. The lowest BCUT2D eigenvalue weighted by molar-refractivity contribution is -0.163. The van der Waals surface area contributed by atoms with Crippen molar-refractivity contribution in [2.24, 2.45) is 17.8 Å². The average Bonchev–Trinajstić information content (AvgIpc) is 3.30. The Balaban J connectivity index is 2.17. The number of aliphatic hydroxyl groups is 1. The van der Waals surface area contributed by atoms with Gasteiger partial charge >= 0.3 is 5.97 Å². The fraction of sp³-hybridized carbons (Fsp3) is 0.808. The van der Waals surface area contributed by atoms with E-state index in [1.165, 1.54) is 0 Å². The van der Waals surface area contributed by atoms with Crippen LogP contribution in [0.1, 0.15) is 67.7 Å². The molecule has 0 aliphatic carbocycles. The molecule has 0 saturated carbocycles. The summed E-state index contributed by atoms with van der Waals surface area (Å²) >= 11 is 0. The first kappa shape index (κ1) is 26.7. The van der Waals surface area contributed by atoms with Gasteiger partial charge in [-0.2, -0.15) is 0 Å². The second-order valence-electron chi connectivity index (χ2n) is 11.6. The van der Waals surface area contributed by atoms with Crippen LogP contribution in [0.3, 0.4) is 0 Å². The fourth-order valence-corrected chi connectivity index (χ4v) is 6.42. The lowest BCUT2D eigenvalue weighted by Crippen LogP contribution is -2.61. The van der Waals surface area contributed by atoms with Crippen LogP contribution in [0.15, 0.2) is 12.7 Å². The van der Waals surface area contributed by atoms with Crippen molar-refractivity contribution in [2.45, 2.75) is 96.6 Å². The minimum atomic E-state index is -1.13. The largest absolute Gasteiger partial charge is 0.466 e. The van der Waals surface area contributed by atoms with Crippen LogP contribution in [0.2, 0.25) is 0 Å². The Morgan fingerprint density at radius 3 is 2.50 bits per heavy atom. The van der Waals surface area contributed by atoms with E-state index in [9.17, 15) is 19.5 Å². The molecule has 6 atom stereocenters. The molecule has 3 fully saturated rings. The smallest absolute Gasteiger partial charge is 0.312 e. The van der Waals surface area contributed by atoms with E-state index in [0.29, 0.717) is 25.8 Å². The van der Waals surface area contributed by atoms with Gasteiger partial charge in [0.25, 0.3) is 0 Å². The van der Waals surface area contributed by atoms with Gasteiger partial charge in [-0.3, -0.25) is 14.4 Å². The Labute approximate surface area is 203 Å². The van der Waals surface area contributed by atoms with Crippen molar-refractivity contribution in [3.63, 3.8) is 0 Å². The molecule has 2 unspecified atom stereocenters. The summed E-state index contributed by atoms with van der Waals surface area (Å²) in [6, 6.07) is -1.48. The quantitative estimate of drug-likeness (QED) is 0.404. The summed E-state index contributed by atoms with van der Waals surface area (Å²) in [5.74, 6) is -2.39. The van der Waals surface area contributed by atoms with Gasteiger partial charge in [-0.1, -0.05) is 19.9 Å². The molecule has 1 N–H and O–H groups in total. The number of hydrogen-bond acceptors (Lipinski definition) is 6. The molecule has 3 saturated heterocycles. The van der Waals surface area contributed by atoms with Crippen LogP contribution in [-0.2, 0) is 23.9 Å². The van der Waals surface area contributed by atoms with Gasteiger partial charge in [-0.05, 0) is 59.8 Å². The molecule has 192 valence electrons. The summed E-state index contributed by atoms with van der Waals surface area (Å²) in [6.45, 7) is 17.5. The number of hydrogen-bond donors (Lipinski definition) is 1. The molecule has 34 heavy (non-hydrogen) atoms. The van der Waals surface area contributed by atoms with E-state index in [1.54, 1.807) is 22.8 Å². The highest BCUT2D eigenvalue weighted by molar-refractivity contribution is 5.99. The molecule has 1 spiro atoms. The molecule has 8 heteroatoms. The molecule has 3 aliphatic rings. The molecule has 0 aromatic rings. The molecule has 0 aromatic heterocycles. The molecule has 8 nitrogen and oxygen atoms in total. The van der Waals surface area contributed by atoms with Gasteiger partial charge in [0.1, 0.15) is 17.6 Å². The predicted molar refractivity (Wildman–Crippen MR) is 128 cm³/mol. The van der Waals surface area contributed by atoms with Crippen LogP contribution in [-0.4, -0.2) is 81.3 Å².